The lowest BCUT2D eigenvalue weighted by molar-refractivity contribution is 0.482. The zero-order chi connectivity index (χ0) is 14.5. The summed E-state index contributed by atoms with van der Waals surface area (Å²) in [5.41, 5.74) is 1.92. The van der Waals surface area contributed by atoms with E-state index in [1.807, 2.05) is 12.1 Å². The molecule has 20 heavy (non-hydrogen) atoms. The first-order valence-corrected chi connectivity index (χ1v) is 7.40. The molecule has 2 rings (SSSR count). The van der Waals surface area contributed by atoms with Gasteiger partial charge in [-0.05, 0) is 64.2 Å². The number of ether oxygens (including phenoxy) is 1. The summed E-state index contributed by atoms with van der Waals surface area (Å²) in [6, 6.07) is 15.6. The van der Waals surface area contributed by atoms with Gasteiger partial charge >= 0.3 is 0 Å². The van der Waals surface area contributed by atoms with E-state index in [9.17, 15) is 0 Å². The minimum Gasteiger partial charge on any atom is -0.457 e. The van der Waals surface area contributed by atoms with Gasteiger partial charge in [0, 0.05) is 4.47 Å². The van der Waals surface area contributed by atoms with E-state index in [1.54, 1.807) is 18.2 Å². The Morgan fingerprint density at radius 3 is 2.35 bits per heavy atom. The summed E-state index contributed by atoms with van der Waals surface area (Å²) in [6.07, 6.45) is 1.13. The van der Waals surface area contributed by atoms with Gasteiger partial charge in [-0.25, -0.2) is 0 Å². The van der Waals surface area contributed by atoms with Crippen molar-refractivity contribution in [3.05, 3.63) is 58.1 Å². The van der Waals surface area contributed by atoms with Gasteiger partial charge in [0.1, 0.15) is 17.6 Å². The predicted octanol–water partition coefficient (Wildman–Crippen LogP) is 5.63. The summed E-state index contributed by atoms with van der Waals surface area (Å²) < 4.78 is 6.53. The number of nitrogens with zero attached hydrogens (tertiary/aromatic N) is 1. The zero-order valence-electron chi connectivity index (χ0n) is 11.6. The number of halogens is 1. The minimum absolute atomic E-state index is 0.563. The third-order valence-electron chi connectivity index (χ3n) is 3.36. The molecular formula is C17H16BrNO. The average molecular weight is 330 g/mol. The molecule has 2 aromatic carbocycles. The van der Waals surface area contributed by atoms with E-state index in [4.69, 9.17) is 10.00 Å². The molecule has 102 valence electrons. The maximum absolute atomic E-state index is 8.88. The second-order valence-corrected chi connectivity index (χ2v) is 5.59. The maximum atomic E-state index is 8.88. The van der Waals surface area contributed by atoms with Crippen molar-refractivity contribution in [2.45, 2.75) is 26.2 Å². The number of hydrogen-bond acceptors (Lipinski definition) is 2. The van der Waals surface area contributed by atoms with Crippen molar-refractivity contribution in [2.75, 3.05) is 0 Å². The van der Waals surface area contributed by atoms with Crippen LogP contribution in [0.4, 0.5) is 0 Å². The lowest BCUT2D eigenvalue weighted by Gasteiger charge is -2.11. The fourth-order valence-electron chi connectivity index (χ4n) is 1.89. The standard InChI is InChI=1S/C17H16BrNO/c1-3-12(2)13-4-7-15(8-5-13)20-16-9-6-14(11-19)17(18)10-16/h4-10,12H,3H2,1-2H3. The summed E-state index contributed by atoms with van der Waals surface area (Å²) in [4.78, 5) is 0. The highest BCUT2D eigenvalue weighted by molar-refractivity contribution is 9.10. The number of benzene rings is 2. The van der Waals surface area contributed by atoms with Gasteiger partial charge in [0.15, 0.2) is 0 Å². The molecule has 0 saturated carbocycles. The van der Waals surface area contributed by atoms with Crippen LogP contribution in [0, 0.1) is 11.3 Å². The fraction of sp³-hybridized carbons (Fsp3) is 0.235. The van der Waals surface area contributed by atoms with Gasteiger partial charge < -0.3 is 4.74 Å². The van der Waals surface area contributed by atoms with Crippen molar-refractivity contribution in [1.29, 1.82) is 5.26 Å². The van der Waals surface area contributed by atoms with Crippen LogP contribution in [0.15, 0.2) is 46.9 Å². The Kier molecular flexibility index (Phi) is 4.81. The van der Waals surface area contributed by atoms with Crippen molar-refractivity contribution in [3.8, 4) is 17.6 Å². The molecule has 0 amide bonds. The van der Waals surface area contributed by atoms with E-state index < -0.39 is 0 Å². The monoisotopic (exact) mass is 329 g/mol. The Hall–Kier alpha value is -1.79. The van der Waals surface area contributed by atoms with Gasteiger partial charge in [-0.1, -0.05) is 26.0 Å². The summed E-state index contributed by atoms with van der Waals surface area (Å²) in [5, 5.41) is 8.88. The quantitative estimate of drug-likeness (QED) is 0.728. The molecule has 0 radical (unpaired) electrons. The Bertz CT molecular complexity index is 628. The van der Waals surface area contributed by atoms with Crippen molar-refractivity contribution < 1.29 is 4.74 Å². The van der Waals surface area contributed by atoms with Gasteiger partial charge in [0.2, 0.25) is 0 Å². The Morgan fingerprint density at radius 1 is 1.15 bits per heavy atom. The lowest BCUT2D eigenvalue weighted by Crippen LogP contribution is -1.91. The third kappa shape index (κ3) is 3.40. The zero-order valence-corrected chi connectivity index (χ0v) is 13.1. The van der Waals surface area contributed by atoms with Crippen LogP contribution in [-0.4, -0.2) is 0 Å². The number of rotatable bonds is 4. The molecule has 0 fully saturated rings. The largest absolute Gasteiger partial charge is 0.457 e. The molecule has 1 unspecified atom stereocenters. The van der Waals surface area contributed by atoms with Crippen LogP contribution in [0.3, 0.4) is 0 Å². The normalized spacial score (nSPS) is 11.7. The van der Waals surface area contributed by atoms with E-state index in [1.165, 1.54) is 5.56 Å². The van der Waals surface area contributed by atoms with Gasteiger partial charge in [-0.15, -0.1) is 0 Å². The molecule has 0 saturated heterocycles. The molecule has 0 aliphatic heterocycles. The van der Waals surface area contributed by atoms with Gasteiger partial charge in [0.25, 0.3) is 0 Å². The molecule has 0 N–H and O–H groups in total. The minimum atomic E-state index is 0.563. The van der Waals surface area contributed by atoms with E-state index in [2.05, 4.69) is 48.0 Å². The highest BCUT2D eigenvalue weighted by atomic mass is 79.9. The molecule has 0 aliphatic rings. The molecule has 2 nitrogen and oxygen atoms in total. The van der Waals surface area contributed by atoms with Crippen molar-refractivity contribution in [3.63, 3.8) is 0 Å². The van der Waals surface area contributed by atoms with Crippen LogP contribution in [-0.2, 0) is 0 Å². The Balaban J connectivity index is 2.14. The highest BCUT2D eigenvalue weighted by Crippen LogP contribution is 2.28. The predicted molar refractivity (Wildman–Crippen MR) is 84.1 cm³/mol. The van der Waals surface area contributed by atoms with Gasteiger partial charge in [-0.2, -0.15) is 5.26 Å². The van der Waals surface area contributed by atoms with E-state index in [0.717, 1.165) is 16.6 Å². The molecule has 0 bridgehead atoms. The molecule has 0 aromatic heterocycles. The smallest absolute Gasteiger partial charge is 0.128 e. The van der Waals surface area contributed by atoms with Gasteiger partial charge in [-0.3, -0.25) is 0 Å². The molecule has 1 atom stereocenters. The second kappa shape index (κ2) is 6.58. The topological polar surface area (TPSA) is 33.0 Å². The maximum Gasteiger partial charge on any atom is 0.128 e. The van der Waals surface area contributed by atoms with Crippen LogP contribution in [0.2, 0.25) is 0 Å². The number of hydrogen-bond donors (Lipinski definition) is 0. The average Bonchev–Trinajstić information content (AvgIpc) is 2.47. The SMILES string of the molecule is CCC(C)c1ccc(Oc2ccc(C#N)c(Br)c2)cc1. The molecule has 0 aliphatic carbocycles. The Morgan fingerprint density at radius 2 is 1.80 bits per heavy atom. The first-order valence-electron chi connectivity index (χ1n) is 6.61. The number of nitriles is 1. The fourth-order valence-corrected chi connectivity index (χ4v) is 2.33. The summed E-state index contributed by atoms with van der Waals surface area (Å²) in [5.74, 6) is 2.08. The Labute approximate surface area is 128 Å². The van der Waals surface area contributed by atoms with E-state index >= 15 is 0 Å². The first kappa shape index (κ1) is 14.6. The van der Waals surface area contributed by atoms with Crippen LogP contribution in [0.5, 0.6) is 11.5 Å². The van der Waals surface area contributed by atoms with Crippen molar-refractivity contribution >= 4 is 15.9 Å². The summed E-state index contributed by atoms with van der Waals surface area (Å²) >= 11 is 3.36. The summed E-state index contributed by atoms with van der Waals surface area (Å²) in [6.45, 7) is 4.40. The van der Waals surface area contributed by atoms with E-state index in [0.29, 0.717) is 17.2 Å². The van der Waals surface area contributed by atoms with Crippen LogP contribution in [0.1, 0.15) is 37.3 Å². The molecule has 0 spiro atoms. The van der Waals surface area contributed by atoms with Crippen LogP contribution < -0.4 is 4.74 Å². The van der Waals surface area contributed by atoms with E-state index in [-0.39, 0.29) is 0 Å². The molecule has 3 heteroatoms. The van der Waals surface area contributed by atoms with Crippen molar-refractivity contribution in [1.82, 2.24) is 0 Å². The van der Waals surface area contributed by atoms with Crippen LogP contribution >= 0.6 is 15.9 Å². The summed E-state index contributed by atoms with van der Waals surface area (Å²) in [7, 11) is 0. The molecule has 2 aromatic rings. The second-order valence-electron chi connectivity index (χ2n) is 4.73. The first-order chi connectivity index (χ1) is 9.63. The molecule has 0 heterocycles. The van der Waals surface area contributed by atoms with Crippen LogP contribution in [0.25, 0.3) is 0 Å². The molecular weight excluding hydrogens is 314 g/mol. The third-order valence-corrected chi connectivity index (χ3v) is 4.01. The lowest BCUT2D eigenvalue weighted by atomic mass is 9.99. The van der Waals surface area contributed by atoms with Gasteiger partial charge in [0.05, 0.1) is 5.56 Å². The van der Waals surface area contributed by atoms with Crippen molar-refractivity contribution in [2.24, 2.45) is 0 Å². The highest BCUT2D eigenvalue weighted by Gasteiger charge is 2.05.